The SMILES string of the molecule is Cc1c(-c2cccs2)cc2nn(C(C)C)nc2c1C. The molecule has 0 aliphatic heterocycles. The lowest BCUT2D eigenvalue weighted by atomic mass is 10.0. The van der Waals surface area contributed by atoms with Crippen molar-refractivity contribution in [2.24, 2.45) is 0 Å². The molecule has 2 heterocycles. The van der Waals surface area contributed by atoms with E-state index in [1.807, 2.05) is 0 Å². The topological polar surface area (TPSA) is 30.7 Å². The van der Waals surface area contributed by atoms with Gasteiger partial charge in [-0.05, 0) is 61.9 Å². The lowest BCUT2D eigenvalue weighted by molar-refractivity contribution is 0.472. The zero-order valence-electron chi connectivity index (χ0n) is 11.6. The molecule has 3 aromatic rings. The summed E-state index contributed by atoms with van der Waals surface area (Å²) >= 11 is 1.77. The Morgan fingerprint density at radius 1 is 1.16 bits per heavy atom. The van der Waals surface area contributed by atoms with E-state index in [9.17, 15) is 0 Å². The summed E-state index contributed by atoms with van der Waals surface area (Å²) in [4.78, 5) is 3.09. The molecular formula is C15H17N3S. The number of thiophene rings is 1. The van der Waals surface area contributed by atoms with E-state index >= 15 is 0 Å². The maximum Gasteiger partial charge on any atom is 0.116 e. The largest absolute Gasteiger partial charge is 0.181 e. The smallest absolute Gasteiger partial charge is 0.116 e. The fraction of sp³-hybridized carbons (Fsp3) is 0.333. The van der Waals surface area contributed by atoms with Crippen molar-refractivity contribution in [1.82, 2.24) is 15.0 Å². The number of hydrogen-bond donors (Lipinski definition) is 0. The molecule has 3 nitrogen and oxygen atoms in total. The molecule has 98 valence electrons. The first-order chi connectivity index (χ1) is 9.08. The van der Waals surface area contributed by atoms with Gasteiger partial charge in [-0.25, -0.2) is 0 Å². The highest BCUT2D eigenvalue weighted by atomic mass is 32.1. The zero-order chi connectivity index (χ0) is 13.6. The summed E-state index contributed by atoms with van der Waals surface area (Å²) in [7, 11) is 0. The van der Waals surface area contributed by atoms with Gasteiger partial charge >= 0.3 is 0 Å². The molecule has 0 unspecified atom stereocenters. The van der Waals surface area contributed by atoms with Crippen LogP contribution in [0.3, 0.4) is 0 Å². The molecule has 0 spiro atoms. The molecule has 0 radical (unpaired) electrons. The molecule has 0 atom stereocenters. The predicted octanol–water partition coefficient (Wildman–Crippen LogP) is 4.36. The van der Waals surface area contributed by atoms with Crippen LogP contribution in [0.5, 0.6) is 0 Å². The molecule has 4 heteroatoms. The maximum atomic E-state index is 4.60. The van der Waals surface area contributed by atoms with Gasteiger partial charge in [-0.15, -0.1) is 11.3 Å². The van der Waals surface area contributed by atoms with Gasteiger partial charge in [-0.3, -0.25) is 0 Å². The van der Waals surface area contributed by atoms with Crippen LogP contribution in [0.25, 0.3) is 21.5 Å². The summed E-state index contributed by atoms with van der Waals surface area (Å²) in [5.41, 5.74) is 5.81. The van der Waals surface area contributed by atoms with E-state index in [-0.39, 0.29) is 6.04 Å². The van der Waals surface area contributed by atoms with Gasteiger partial charge < -0.3 is 0 Å². The minimum atomic E-state index is 0.289. The summed E-state index contributed by atoms with van der Waals surface area (Å²) in [5.74, 6) is 0. The molecular weight excluding hydrogens is 254 g/mol. The van der Waals surface area contributed by atoms with E-state index in [0.717, 1.165) is 11.0 Å². The van der Waals surface area contributed by atoms with E-state index < -0.39 is 0 Å². The Balaban J connectivity index is 2.29. The van der Waals surface area contributed by atoms with Crippen molar-refractivity contribution in [2.75, 3.05) is 0 Å². The number of rotatable bonds is 2. The molecule has 2 aromatic heterocycles. The number of aromatic nitrogens is 3. The van der Waals surface area contributed by atoms with Crippen molar-refractivity contribution in [3.8, 4) is 10.4 Å². The highest BCUT2D eigenvalue weighted by molar-refractivity contribution is 7.13. The number of aryl methyl sites for hydroxylation is 1. The molecule has 0 aliphatic carbocycles. The lowest BCUT2D eigenvalue weighted by Gasteiger charge is -2.06. The fourth-order valence-electron chi connectivity index (χ4n) is 2.24. The van der Waals surface area contributed by atoms with Gasteiger partial charge in [0.25, 0.3) is 0 Å². The first-order valence-corrected chi connectivity index (χ1v) is 7.36. The van der Waals surface area contributed by atoms with Crippen LogP contribution >= 0.6 is 11.3 Å². The van der Waals surface area contributed by atoms with Crippen LogP contribution in [0, 0.1) is 13.8 Å². The average molecular weight is 271 g/mol. The van der Waals surface area contributed by atoms with Crippen molar-refractivity contribution < 1.29 is 0 Å². The summed E-state index contributed by atoms with van der Waals surface area (Å²) in [6.45, 7) is 8.49. The van der Waals surface area contributed by atoms with Crippen LogP contribution in [0.1, 0.15) is 31.0 Å². The van der Waals surface area contributed by atoms with Gasteiger partial charge in [0.1, 0.15) is 11.0 Å². The molecule has 0 N–H and O–H groups in total. The summed E-state index contributed by atoms with van der Waals surface area (Å²) in [6, 6.07) is 6.70. The Morgan fingerprint density at radius 2 is 1.95 bits per heavy atom. The molecule has 0 saturated carbocycles. The Kier molecular flexibility index (Phi) is 2.90. The second-order valence-electron chi connectivity index (χ2n) is 5.13. The normalized spacial score (nSPS) is 11.6. The van der Waals surface area contributed by atoms with Crippen LogP contribution in [0.15, 0.2) is 23.6 Å². The number of nitrogens with zero attached hydrogens (tertiary/aromatic N) is 3. The zero-order valence-corrected chi connectivity index (χ0v) is 12.5. The number of benzene rings is 1. The fourth-order valence-corrected chi connectivity index (χ4v) is 3.04. The van der Waals surface area contributed by atoms with Crippen molar-refractivity contribution in [3.63, 3.8) is 0 Å². The number of hydrogen-bond acceptors (Lipinski definition) is 3. The Bertz CT molecular complexity index is 724. The molecule has 0 fully saturated rings. The van der Waals surface area contributed by atoms with E-state index in [4.69, 9.17) is 0 Å². The van der Waals surface area contributed by atoms with E-state index in [2.05, 4.69) is 61.5 Å². The highest BCUT2D eigenvalue weighted by Gasteiger charge is 2.14. The van der Waals surface area contributed by atoms with Crippen molar-refractivity contribution in [3.05, 3.63) is 34.7 Å². The highest BCUT2D eigenvalue weighted by Crippen LogP contribution is 2.33. The molecule has 19 heavy (non-hydrogen) atoms. The van der Waals surface area contributed by atoms with Gasteiger partial charge in [0.15, 0.2) is 0 Å². The summed E-state index contributed by atoms with van der Waals surface area (Å²) in [6.07, 6.45) is 0. The van der Waals surface area contributed by atoms with Gasteiger partial charge in [-0.1, -0.05) is 6.07 Å². The monoisotopic (exact) mass is 271 g/mol. The van der Waals surface area contributed by atoms with E-state index in [1.165, 1.54) is 21.6 Å². The third-order valence-electron chi connectivity index (χ3n) is 3.51. The molecule has 1 aromatic carbocycles. The van der Waals surface area contributed by atoms with Crippen LogP contribution in [0.2, 0.25) is 0 Å². The van der Waals surface area contributed by atoms with Crippen LogP contribution in [0.4, 0.5) is 0 Å². The maximum absolute atomic E-state index is 4.60. The first-order valence-electron chi connectivity index (χ1n) is 6.48. The minimum Gasteiger partial charge on any atom is -0.181 e. The Hall–Kier alpha value is -1.68. The van der Waals surface area contributed by atoms with Crippen LogP contribution < -0.4 is 0 Å². The predicted molar refractivity (Wildman–Crippen MR) is 80.7 cm³/mol. The van der Waals surface area contributed by atoms with Crippen molar-refractivity contribution in [1.29, 1.82) is 0 Å². The first kappa shape index (κ1) is 12.4. The van der Waals surface area contributed by atoms with Gasteiger partial charge in [0, 0.05) is 4.88 Å². The molecule has 0 aliphatic rings. The second kappa shape index (κ2) is 4.46. The Morgan fingerprint density at radius 3 is 2.58 bits per heavy atom. The second-order valence-corrected chi connectivity index (χ2v) is 6.08. The molecule has 0 amide bonds. The average Bonchev–Trinajstić information content (AvgIpc) is 3.02. The van der Waals surface area contributed by atoms with Gasteiger partial charge in [-0.2, -0.15) is 15.0 Å². The third-order valence-corrected chi connectivity index (χ3v) is 4.41. The number of fused-ring (bicyclic) bond motifs is 1. The van der Waals surface area contributed by atoms with Crippen LogP contribution in [-0.4, -0.2) is 15.0 Å². The third kappa shape index (κ3) is 1.96. The summed E-state index contributed by atoms with van der Waals surface area (Å²) in [5, 5.41) is 11.3. The lowest BCUT2D eigenvalue weighted by Crippen LogP contribution is -2.04. The molecule has 0 bridgehead atoms. The summed E-state index contributed by atoms with van der Waals surface area (Å²) < 4.78 is 0. The van der Waals surface area contributed by atoms with Crippen LogP contribution in [-0.2, 0) is 0 Å². The van der Waals surface area contributed by atoms with E-state index in [0.29, 0.717) is 0 Å². The standard InChI is InChI=1S/C15H17N3S/c1-9(2)18-16-13-8-12(14-6-5-7-19-14)10(3)11(4)15(13)17-18/h5-9H,1-4H3. The van der Waals surface area contributed by atoms with Crippen molar-refractivity contribution >= 4 is 22.4 Å². The Labute approximate surface area is 116 Å². The van der Waals surface area contributed by atoms with Gasteiger partial charge in [0.2, 0.25) is 0 Å². The quantitative estimate of drug-likeness (QED) is 0.693. The van der Waals surface area contributed by atoms with Crippen molar-refractivity contribution in [2.45, 2.75) is 33.7 Å². The van der Waals surface area contributed by atoms with Gasteiger partial charge in [0.05, 0.1) is 6.04 Å². The molecule has 3 rings (SSSR count). The minimum absolute atomic E-state index is 0.289. The van der Waals surface area contributed by atoms with E-state index in [1.54, 1.807) is 16.1 Å². The molecule has 0 saturated heterocycles.